The highest BCUT2D eigenvalue weighted by molar-refractivity contribution is 5.25. The van der Waals surface area contributed by atoms with E-state index in [-0.39, 0.29) is 0 Å². The predicted molar refractivity (Wildman–Crippen MR) is 65.2 cm³/mol. The number of alkyl halides is 3. The van der Waals surface area contributed by atoms with E-state index in [1.165, 1.54) is 31.4 Å². The lowest BCUT2D eigenvalue weighted by Crippen LogP contribution is -2.30. The van der Waals surface area contributed by atoms with Crippen LogP contribution in [0.15, 0.2) is 24.3 Å². The van der Waals surface area contributed by atoms with Gasteiger partial charge in [-0.1, -0.05) is 37.5 Å². The standard InChI is InChI=1S/C14H18F3N/c15-14(16,17)12-6-4-5-11(9-12)10-18-13-7-2-1-3-8-13/h4-6,9,13,18H,1-3,7-8,10H2. The molecule has 1 aromatic carbocycles. The molecular weight excluding hydrogens is 239 g/mol. The lowest BCUT2D eigenvalue weighted by Gasteiger charge is -2.23. The molecule has 0 spiro atoms. The van der Waals surface area contributed by atoms with E-state index in [9.17, 15) is 13.2 Å². The Morgan fingerprint density at radius 1 is 1.11 bits per heavy atom. The van der Waals surface area contributed by atoms with E-state index < -0.39 is 11.7 Å². The largest absolute Gasteiger partial charge is 0.416 e. The molecule has 2 rings (SSSR count). The maximum atomic E-state index is 12.5. The Balaban J connectivity index is 1.92. The van der Waals surface area contributed by atoms with E-state index >= 15 is 0 Å². The van der Waals surface area contributed by atoms with Gasteiger partial charge in [0.1, 0.15) is 0 Å². The summed E-state index contributed by atoms with van der Waals surface area (Å²) in [6.45, 7) is 0.522. The Bertz CT molecular complexity index is 381. The lowest BCUT2D eigenvalue weighted by molar-refractivity contribution is -0.137. The molecule has 1 aliphatic rings. The zero-order valence-corrected chi connectivity index (χ0v) is 10.3. The minimum absolute atomic E-state index is 0.466. The van der Waals surface area contributed by atoms with Crippen molar-refractivity contribution in [1.29, 1.82) is 0 Å². The molecule has 1 nitrogen and oxygen atoms in total. The maximum Gasteiger partial charge on any atom is 0.416 e. The molecule has 0 aromatic heterocycles. The molecule has 0 heterocycles. The van der Waals surface area contributed by atoms with Crippen LogP contribution < -0.4 is 5.32 Å². The van der Waals surface area contributed by atoms with Gasteiger partial charge in [0.15, 0.2) is 0 Å². The Labute approximate surface area is 105 Å². The fourth-order valence-electron chi connectivity index (χ4n) is 2.43. The van der Waals surface area contributed by atoms with E-state index in [0.29, 0.717) is 18.2 Å². The van der Waals surface area contributed by atoms with Gasteiger partial charge in [-0.15, -0.1) is 0 Å². The van der Waals surface area contributed by atoms with Crippen molar-refractivity contribution in [1.82, 2.24) is 5.32 Å². The van der Waals surface area contributed by atoms with Gasteiger partial charge in [0.05, 0.1) is 5.56 Å². The van der Waals surface area contributed by atoms with Gasteiger partial charge in [-0.05, 0) is 24.5 Å². The molecule has 0 amide bonds. The zero-order chi connectivity index (χ0) is 13.0. The average Bonchev–Trinajstić information content (AvgIpc) is 2.37. The van der Waals surface area contributed by atoms with Crippen LogP contribution in [0.5, 0.6) is 0 Å². The van der Waals surface area contributed by atoms with Crippen LogP contribution in [0.3, 0.4) is 0 Å². The molecule has 1 fully saturated rings. The minimum Gasteiger partial charge on any atom is -0.310 e. The molecule has 0 bridgehead atoms. The van der Waals surface area contributed by atoms with Gasteiger partial charge in [-0.3, -0.25) is 0 Å². The third-order valence-corrected chi connectivity index (χ3v) is 3.45. The summed E-state index contributed by atoms with van der Waals surface area (Å²) in [4.78, 5) is 0. The van der Waals surface area contributed by atoms with Crippen molar-refractivity contribution in [3.05, 3.63) is 35.4 Å². The van der Waals surface area contributed by atoms with Crippen molar-refractivity contribution < 1.29 is 13.2 Å². The van der Waals surface area contributed by atoms with Gasteiger partial charge in [-0.25, -0.2) is 0 Å². The first-order valence-electron chi connectivity index (χ1n) is 6.45. The van der Waals surface area contributed by atoms with Crippen molar-refractivity contribution in [3.8, 4) is 0 Å². The first-order chi connectivity index (χ1) is 8.55. The van der Waals surface area contributed by atoms with Gasteiger partial charge < -0.3 is 5.32 Å². The van der Waals surface area contributed by atoms with Crippen molar-refractivity contribution in [2.45, 2.75) is 50.9 Å². The highest BCUT2D eigenvalue weighted by Gasteiger charge is 2.30. The topological polar surface area (TPSA) is 12.0 Å². The molecule has 0 atom stereocenters. The summed E-state index contributed by atoms with van der Waals surface area (Å²) in [5.74, 6) is 0. The molecule has 0 aliphatic heterocycles. The fraction of sp³-hybridized carbons (Fsp3) is 0.571. The van der Waals surface area contributed by atoms with E-state index in [1.54, 1.807) is 6.07 Å². The van der Waals surface area contributed by atoms with Crippen LogP contribution >= 0.6 is 0 Å². The number of hydrogen-bond donors (Lipinski definition) is 1. The smallest absolute Gasteiger partial charge is 0.310 e. The van der Waals surface area contributed by atoms with Crippen LogP contribution in [0.25, 0.3) is 0 Å². The molecule has 0 radical (unpaired) electrons. The van der Waals surface area contributed by atoms with Gasteiger partial charge in [0.25, 0.3) is 0 Å². The van der Waals surface area contributed by atoms with E-state index in [4.69, 9.17) is 0 Å². The first kappa shape index (κ1) is 13.4. The Morgan fingerprint density at radius 2 is 1.83 bits per heavy atom. The van der Waals surface area contributed by atoms with Crippen LogP contribution in [0.2, 0.25) is 0 Å². The van der Waals surface area contributed by atoms with Crippen LogP contribution in [-0.4, -0.2) is 6.04 Å². The monoisotopic (exact) mass is 257 g/mol. The number of hydrogen-bond acceptors (Lipinski definition) is 1. The van der Waals surface area contributed by atoms with E-state index in [0.717, 1.165) is 18.9 Å². The summed E-state index contributed by atoms with van der Waals surface area (Å²) in [5.41, 5.74) is 0.140. The third-order valence-electron chi connectivity index (χ3n) is 3.45. The van der Waals surface area contributed by atoms with Crippen molar-refractivity contribution in [2.24, 2.45) is 0 Å². The molecule has 0 saturated heterocycles. The summed E-state index contributed by atoms with van der Waals surface area (Å²) in [7, 11) is 0. The van der Waals surface area contributed by atoms with E-state index in [2.05, 4.69) is 5.32 Å². The summed E-state index contributed by atoms with van der Waals surface area (Å²) in [6, 6.07) is 6.03. The Kier molecular flexibility index (Phi) is 4.27. The highest BCUT2D eigenvalue weighted by atomic mass is 19.4. The summed E-state index contributed by atoms with van der Waals surface area (Å²) < 4.78 is 37.6. The summed E-state index contributed by atoms with van der Waals surface area (Å²) in [5, 5.41) is 3.35. The van der Waals surface area contributed by atoms with Gasteiger partial charge >= 0.3 is 6.18 Å². The second-order valence-electron chi connectivity index (χ2n) is 4.91. The first-order valence-corrected chi connectivity index (χ1v) is 6.45. The van der Waals surface area contributed by atoms with Crippen molar-refractivity contribution in [3.63, 3.8) is 0 Å². The zero-order valence-electron chi connectivity index (χ0n) is 10.3. The number of halogens is 3. The molecular formula is C14H18F3N. The minimum atomic E-state index is -4.25. The van der Waals surface area contributed by atoms with Crippen LogP contribution in [-0.2, 0) is 12.7 Å². The van der Waals surface area contributed by atoms with E-state index in [1.807, 2.05) is 0 Å². The lowest BCUT2D eigenvalue weighted by atomic mass is 9.95. The summed E-state index contributed by atoms with van der Waals surface area (Å²) in [6.07, 6.45) is 1.75. The van der Waals surface area contributed by atoms with Crippen LogP contribution in [0.4, 0.5) is 13.2 Å². The second kappa shape index (κ2) is 5.74. The maximum absolute atomic E-state index is 12.5. The number of rotatable bonds is 3. The van der Waals surface area contributed by atoms with Crippen molar-refractivity contribution >= 4 is 0 Å². The molecule has 1 aromatic rings. The average molecular weight is 257 g/mol. The molecule has 18 heavy (non-hydrogen) atoms. The SMILES string of the molecule is FC(F)(F)c1cccc(CNC2CCCCC2)c1. The van der Waals surface area contributed by atoms with Crippen LogP contribution in [0, 0.1) is 0 Å². The van der Waals surface area contributed by atoms with Crippen molar-refractivity contribution in [2.75, 3.05) is 0 Å². The Hall–Kier alpha value is -1.03. The molecule has 0 unspecified atom stereocenters. The predicted octanol–water partition coefficient (Wildman–Crippen LogP) is 4.13. The number of nitrogens with one attached hydrogen (secondary N) is 1. The van der Waals surface area contributed by atoms with Crippen LogP contribution in [0.1, 0.15) is 43.2 Å². The fourth-order valence-corrected chi connectivity index (χ4v) is 2.43. The quantitative estimate of drug-likeness (QED) is 0.858. The summed E-state index contributed by atoms with van der Waals surface area (Å²) >= 11 is 0. The van der Waals surface area contributed by atoms with Gasteiger partial charge in [-0.2, -0.15) is 13.2 Å². The highest BCUT2D eigenvalue weighted by Crippen LogP contribution is 2.29. The second-order valence-corrected chi connectivity index (χ2v) is 4.91. The molecule has 1 aliphatic carbocycles. The molecule has 1 saturated carbocycles. The van der Waals surface area contributed by atoms with Gasteiger partial charge in [0, 0.05) is 12.6 Å². The Morgan fingerprint density at radius 3 is 2.50 bits per heavy atom. The molecule has 1 N–H and O–H groups in total. The normalized spacial score (nSPS) is 17.9. The molecule has 100 valence electrons. The number of benzene rings is 1. The molecule has 4 heteroatoms. The third kappa shape index (κ3) is 3.73. The van der Waals surface area contributed by atoms with Gasteiger partial charge in [0.2, 0.25) is 0 Å².